The molecule has 0 unspecified atom stereocenters. The number of ether oxygens (including phenoxy) is 2. The summed E-state index contributed by atoms with van der Waals surface area (Å²) in [5.74, 6) is 1.22. The van der Waals surface area contributed by atoms with Gasteiger partial charge < -0.3 is 22.8 Å². The van der Waals surface area contributed by atoms with Crippen molar-refractivity contribution >= 4 is 14.0 Å². The van der Waals surface area contributed by atoms with Gasteiger partial charge in [-0.25, -0.2) is 0 Å². The summed E-state index contributed by atoms with van der Waals surface area (Å²) in [6, 6.07) is 3.83. The Hall–Kier alpha value is -1.08. The number of methoxy groups -OCH3 is 2. The van der Waals surface area contributed by atoms with E-state index in [1.54, 1.807) is 35.5 Å². The lowest BCUT2D eigenvalue weighted by molar-refractivity contribution is 0.139. The molecule has 0 fully saturated rings. The molecule has 0 aliphatic heterocycles. The predicted molar refractivity (Wildman–Crippen MR) is 70.7 cm³/mol. The summed E-state index contributed by atoms with van der Waals surface area (Å²) in [5.41, 5.74) is 1.02. The van der Waals surface area contributed by atoms with Gasteiger partial charge in [0, 0.05) is 21.3 Å². The molecule has 0 amide bonds. The highest BCUT2D eigenvalue weighted by atomic mass is 28.4. The van der Waals surface area contributed by atoms with E-state index in [-0.39, 0.29) is 0 Å². The van der Waals surface area contributed by atoms with Gasteiger partial charge in [0.2, 0.25) is 0 Å². The SMILES string of the molecule is COc1cc(C)cc([Si](OC)(OC)OC)c1OC. The number of benzene rings is 1. The molecule has 18 heavy (non-hydrogen) atoms. The smallest absolute Gasteiger partial charge is 0.493 e. The molecule has 6 heteroatoms. The molecule has 1 rings (SSSR count). The Labute approximate surface area is 109 Å². The van der Waals surface area contributed by atoms with Crippen molar-refractivity contribution in [3.63, 3.8) is 0 Å². The molecular weight excluding hydrogens is 252 g/mol. The lowest BCUT2D eigenvalue weighted by Gasteiger charge is -2.27. The van der Waals surface area contributed by atoms with Crippen LogP contribution in [0.4, 0.5) is 0 Å². The molecule has 102 valence electrons. The van der Waals surface area contributed by atoms with Crippen LogP contribution in [0.2, 0.25) is 0 Å². The van der Waals surface area contributed by atoms with Crippen LogP contribution < -0.4 is 14.7 Å². The van der Waals surface area contributed by atoms with Crippen molar-refractivity contribution in [3.05, 3.63) is 17.7 Å². The van der Waals surface area contributed by atoms with E-state index in [1.165, 1.54) is 0 Å². The highest BCUT2D eigenvalue weighted by Gasteiger charge is 2.44. The number of hydrogen-bond donors (Lipinski definition) is 0. The Bertz CT molecular complexity index is 395. The first-order chi connectivity index (χ1) is 8.58. The van der Waals surface area contributed by atoms with E-state index in [1.807, 2.05) is 19.1 Å². The van der Waals surface area contributed by atoms with Crippen LogP contribution in [0, 0.1) is 6.92 Å². The molecule has 0 aliphatic rings. The molecule has 5 nitrogen and oxygen atoms in total. The lowest BCUT2D eigenvalue weighted by Crippen LogP contribution is -2.55. The minimum atomic E-state index is -2.94. The van der Waals surface area contributed by atoms with Crippen molar-refractivity contribution in [3.8, 4) is 11.5 Å². The molecule has 0 atom stereocenters. The number of rotatable bonds is 6. The van der Waals surface area contributed by atoms with Crippen LogP contribution in [0.1, 0.15) is 5.56 Å². The van der Waals surface area contributed by atoms with Gasteiger partial charge in [0.05, 0.1) is 19.4 Å². The first-order valence-corrected chi connectivity index (χ1v) is 7.19. The highest BCUT2D eigenvalue weighted by Crippen LogP contribution is 2.28. The van der Waals surface area contributed by atoms with Crippen molar-refractivity contribution in [1.82, 2.24) is 0 Å². The van der Waals surface area contributed by atoms with E-state index in [4.69, 9.17) is 22.8 Å². The zero-order valence-corrected chi connectivity index (χ0v) is 12.7. The molecular formula is C12H20O5Si. The molecule has 0 bridgehead atoms. The van der Waals surface area contributed by atoms with Crippen molar-refractivity contribution in [2.24, 2.45) is 0 Å². The van der Waals surface area contributed by atoms with Crippen LogP contribution in [0.25, 0.3) is 0 Å². The molecule has 1 aromatic rings. The Morgan fingerprint density at radius 2 is 1.39 bits per heavy atom. The summed E-state index contributed by atoms with van der Waals surface area (Å²) in [6.45, 7) is 1.96. The monoisotopic (exact) mass is 272 g/mol. The topological polar surface area (TPSA) is 46.2 Å². The van der Waals surface area contributed by atoms with Gasteiger partial charge in [-0.1, -0.05) is 0 Å². The van der Waals surface area contributed by atoms with E-state index >= 15 is 0 Å². The normalized spacial score (nSPS) is 11.4. The van der Waals surface area contributed by atoms with Gasteiger partial charge in [-0.05, 0) is 24.6 Å². The van der Waals surface area contributed by atoms with Crippen molar-refractivity contribution in [2.75, 3.05) is 35.5 Å². The summed E-state index contributed by atoms with van der Waals surface area (Å²) in [6.07, 6.45) is 0. The summed E-state index contributed by atoms with van der Waals surface area (Å²) < 4.78 is 27.2. The summed E-state index contributed by atoms with van der Waals surface area (Å²) >= 11 is 0. The number of aryl methyl sites for hydroxylation is 1. The quantitative estimate of drug-likeness (QED) is 0.726. The molecule has 1 aromatic carbocycles. The maximum Gasteiger partial charge on any atom is 0.540 e. The van der Waals surface area contributed by atoms with Gasteiger partial charge in [0.15, 0.2) is 11.5 Å². The van der Waals surface area contributed by atoms with E-state index in [2.05, 4.69) is 0 Å². The van der Waals surface area contributed by atoms with E-state index in [0.29, 0.717) is 11.5 Å². The molecule has 0 saturated heterocycles. The van der Waals surface area contributed by atoms with E-state index in [0.717, 1.165) is 10.8 Å². The lowest BCUT2D eigenvalue weighted by atomic mass is 10.2. The third-order valence-corrected chi connectivity index (χ3v) is 5.40. The van der Waals surface area contributed by atoms with Crippen LogP contribution >= 0.6 is 0 Å². The van der Waals surface area contributed by atoms with Gasteiger partial charge in [-0.15, -0.1) is 0 Å². The fourth-order valence-corrected chi connectivity index (χ4v) is 3.98. The second-order valence-electron chi connectivity index (χ2n) is 3.72. The molecule has 0 radical (unpaired) electrons. The Morgan fingerprint density at radius 3 is 1.78 bits per heavy atom. The average Bonchev–Trinajstić information content (AvgIpc) is 2.40. The van der Waals surface area contributed by atoms with Gasteiger partial charge >= 0.3 is 8.80 Å². The standard InChI is InChI=1S/C12H20O5Si/c1-9-7-10(13-2)12(14-3)11(8-9)18(15-4,16-5)17-6/h7-8H,1-6H3. The second kappa shape index (κ2) is 6.19. The van der Waals surface area contributed by atoms with Crippen LogP contribution in [0.3, 0.4) is 0 Å². The Balaban J connectivity index is 3.50. The molecule has 0 aliphatic carbocycles. The number of hydrogen-bond acceptors (Lipinski definition) is 5. The second-order valence-corrected chi connectivity index (χ2v) is 6.59. The summed E-state index contributed by atoms with van der Waals surface area (Å²) in [5, 5.41) is 0.759. The van der Waals surface area contributed by atoms with Crippen LogP contribution in [-0.4, -0.2) is 44.4 Å². The summed E-state index contributed by atoms with van der Waals surface area (Å²) in [7, 11) is 4.92. The predicted octanol–water partition coefficient (Wildman–Crippen LogP) is 1.10. The molecule has 0 spiro atoms. The fraction of sp³-hybridized carbons (Fsp3) is 0.500. The first-order valence-electron chi connectivity index (χ1n) is 5.47. The van der Waals surface area contributed by atoms with E-state index < -0.39 is 8.80 Å². The highest BCUT2D eigenvalue weighted by molar-refractivity contribution is 6.76. The maximum absolute atomic E-state index is 5.48. The Kier molecular flexibility index (Phi) is 5.15. The molecule has 0 N–H and O–H groups in total. The van der Waals surface area contributed by atoms with Gasteiger partial charge in [-0.3, -0.25) is 0 Å². The van der Waals surface area contributed by atoms with Gasteiger partial charge in [0.25, 0.3) is 0 Å². The van der Waals surface area contributed by atoms with Crippen LogP contribution in [0.5, 0.6) is 11.5 Å². The zero-order valence-electron chi connectivity index (χ0n) is 11.7. The molecule has 0 heterocycles. The van der Waals surface area contributed by atoms with Crippen LogP contribution in [-0.2, 0) is 13.3 Å². The van der Waals surface area contributed by atoms with Gasteiger partial charge in [0.1, 0.15) is 0 Å². The zero-order chi connectivity index (χ0) is 13.8. The largest absolute Gasteiger partial charge is 0.540 e. The first kappa shape index (κ1) is 15.0. The summed E-state index contributed by atoms with van der Waals surface area (Å²) in [4.78, 5) is 0. The average molecular weight is 272 g/mol. The maximum atomic E-state index is 5.48. The minimum Gasteiger partial charge on any atom is -0.493 e. The Morgan fingerprint density at radius 1 is 0.833 bits per heavy atom. The fourth-order valence-electron chi connectivity index (χ4n) is 1.91. The third kappa shape index (κ3) is 2.51. The third-order valence-electron chi connectivity index (χ3n) is 2.76. The van der Waals surface area contributed by atoms with Crippen LogP contribution in [0.15, 0.2) is 12.1 Å². The van der Waals surface area contributed by atoms with E-state index in [9.17, 15) is 0 Å². The van der Waals surface area contributed by atoms with Crippen molar-refractivity contribution < 1.29 is 22.8 Å². The molecule has 0 aromatic heterocycles. The van der Waals surface area contributed by atoms with Gasteiger partial charge in [-0.2, -0.15) is 0 Å². The minimum absolute atomic E-state index is 0.584. The van der Waals surface area contributed by atoms with Crippen molar-refractivity contribution in [2.45, 2.75) is 6.92 Å². The molecule has 0 saturated carbocycles. The van der Waals surface area contributed by atoms with Crippen molar-refractivity contribution in [1.29, 1.82) is 0 Å².